The first-order valence-corrected chi connectivity index (χ1v) is 7.79. The van der Waals surface area contributed by atoms with E-state index in [1.165, 1.54) is 9.78 Å². The third-order valence-corrected chi connectivity index (χ3v) is 5.07. The molecule has 2 aliphatic heterocycles. The number of quaternary nitrogens is 1. The maximum Gasteiger partial charge on any atom is 0.254 e. The van der Waals surface area contributed by atoms with Crippen molar-refractivity contribution in [3.05, 3.63) is 16.0 Å². The third kappa shape index (κ3) is 2.44. The van der Waals surface area contributed by atoms with Gasteiger partial charge in [0.1, 0.15) is 23.7 Å². The molecular weight excluding hydrogens is 274 g/mol. The minimum atomic E-state index is -0.353. The zero-order chi connectivity index (χ0) is 14.1. The summed E-state index contributed by atoms with van der Waals surface area (Å²) in [5.41, 5.74) is 1.79. The van der Waals surface area contributed by atoms with Crippen LogP contribution in [0.25, 0.3) is 0 Å². The van der Waals surface area contributed by atoms with E-state index < -0.39 is 0 Å². The largest absolute Gasteiger partial charge is 0.368 e. The second-order valence-corrected chi connectivity index (χ2v) is 6.55. The lowest BCUT2D eigenvalue weighted by Crippen LogP contribution is -3.08. The Hall–Kier alpha value is -1.42. The van der Waals surface area contributed by atoms with E-state index in [9.17, 15) is 10.1 Å². The molecule has 0 spiro atoms. The van der Waals surface area contributed by atoms with Gasteiger partial charge in [0.2, 0.25) is 0 Å². The average Bonchev–Trinajstić information content (AvgIpc) is 3.04. The van der Waals surface area contributed by atoms with Gasteiger partial charge in [-0.05, 0) is 18.4 Å². The van der Waals surface area contributed by atoms with Crippen molar-refractivity contribution >= 4 is 22.2 Å². The van der Waals surface area contributed by atoms with Crippen LogP contribution in [-0.4, -0.2) is 32.2 Å². The Balaban J connectivity index is 1.83. The number of hydrogen-bond acceptors (Lipinski definition) is 4. The van der Waals surface area contributed by atoms with Crippen molar-refractivity contribution < 1.29 is 14.4 Å². The zero-order valence-corrected chi connectivity index (χ0v) is 12.3. The Kier molecular flexibility index (Phi) is 3.74. The number of fused-ring (bicyclic) bond motifs is 1. The van der Waals surface area contributed by atoms with Gasteiger partial charge in [-0.2, -0.15) is 5.26 Å². The van der Waals surface area contributed by atoms with Crippen LogP contribution in [0.4, 0.5) is 5.00 Å². The molecule has 2 aliphatic rings. The normalized spacial score (nSPS) is 25.0. The number of nitrogens with zero attached hydrogens (tertiary/aromatic N) is 1. The van der Waals surface area contributed by atoms with Crippen LogP contribution in [0.3, 0.4) is 0 Å². The van der Waals surface area contributed by atoms with Gasteiger partial charge in [0.25, 0.3) is 5.91 Å². The predicted molar refractivity (Wildman–Crippen MR) is 75.8 cm³/mol. The molecule has 2 atom stereocenters. The minimum Gasteiger partial charge on any atom is -0.368 e. The van der Waals surface area contributed by atoms with Crippen LogP contribution in [0.1, 0.15) is 28.8 Å². The minimum absolute atomic E-state index is 0.113. The van der Waals surface area contributed by atoms with E-state index in [1.807, 2.05) is 0 Å². The van der Waals surface area contributed by atoms with Gasteiger partial charge in [0.15, 0.2) is 0 Å². The van der Waals surface area contributed by atoms with Gasteiger partial charge in [0.05, 0.1) is 24.0 Å². The number of nitriles is 1. The molecule has 0 saturated carbocycles. The summed E-state index contributed by atoms with van der Waals surface area (Å²) in [6.45, 7) is 2.63. The maximum atomic E-state index is 12.1. The van der Waals surface area contributed by atoms with Gasteiger partial charge in [0, 0.05) is 13.0 Å². The number of rotatable bonds is 2. The summed E-state index contributed by atoms with van der Waals surface area (Å²) >= 11 is 1.55. The van der Waals surface area contributed by atoms with Gasteiger partial charge in [-0.15, -0.1) is 11.3 Å². The molecule has 1 unspecified atom stereocenters. The Bertz CT molecular complexity index is 570. The van der Waals surface area contributed by atoms with Crippen molar-refractivity contribution in [1.29, 1.82) is 5.26 Å². The van der Waals surface area contributed by atoms with E-state index in [0.29, 0.717) is 17.2 Å². The summed E-state index contributed by atoms with van der Waals surface area (Å²) in [5.74, 6) is -0.113. The summed E-state index contributed by atoms with van der Waals surface area (Å²) in [5, 5.41) is 13.0. The van der Waals surface area contributed by atoms with Crippen molar-refractivity contribution in [2.45, 2.75) is 31.9 Å². The molecular formula is C14H18N3O2S+. The lowest BCUT2D eigenvalue weighted by atomic mass is 10.0. The average molecular weight is 292 g/mol. The standard InChI is InChI=1S/C14H17N3O2S/c1-17-5-4-9-10(7-15)14(20-12(9)8-17)16-13(18)11-3-2-6-19-11/h11H,2-6,8H2,1H3,(H,16,18)/p+1/t11-/m1/s1. The smallest absolute Gasteiger partial charge is 0.254 e. The number of carbonyl (C=O) groups is 1. The molecule has 3 rings (SSSR count). The van der Waals surface area contributed by atoms with Gasteiger partial charge in [-0.3, -0.25) is 4.79 Å². The van der Waals surface area contributed by atoms with Crippen molar-refractivity contribution in [3.8, 4) is 6.07 Å². The van der Waals surface area contributed by atoms with Crippen LogP contribution in [0.2, 0.25) is 0 Å². The van der Waals surface area contributed by atoms with Crippen molar-refractivity contribution in [3.63, 3.8) is 0 Å². The number of anilines is 1. The molecule has 3 heterocycles. The molecule has 20 heavy (non-hydrogen) atoms. The summed E-state index contributed by atoms with van der Waals surface area (Å²) in [4.78, 5) is 14.8. The Labute approximate surface area is 122 Å². The lowest BCUT2D eigenvalue weighted by molar-refractivity contribution is -0.895. The van der Waals surface area contributed by atoms with Gasteiger partial charge < -0.3 is 15.0 Å². The number of thiophene rings is 1. The highest BCUT2D eigenvalue weighted by atomic mass is 32.1. The van der Waals surface area contributed by atoms with Crippen LogP contribution in [-0.2, 0) is 22.5 Å². The van der Waals surface area contributed by atoms with Gasteiger partial charge >= 0.3 is 0 Å². The predicted octanol–water partition coefficient (Wildman–Crippen LogP) is 0.308. The number of nitrogens with one attached hydrogen (secondary N) is 2. The first-order chi connectivity index (χ1) is 9.69. The quantitative estimate of drug-likeness (QED) is 0.824. The fourth-order valence-corrected chi connectivity index (χ4v) is 4.12. The maximum absolute atomic E-state index is 12.1. The van der Waals surface area contributed by atoms with Gasteiger partial charge in [-0.25, -0.2) is 0 Å². The molecule has 0 radical (unpaired) electrons. The molecule has 0 aromatic carbocycles. The molecule has 1 amide bonds. The van der Waals surface area contributed by atoms with Crippen LogP contribution in [0.15, 0.2) is 0 Å². The molecule has 2 N–H and O–H groups in total. The van der Waals surface area contributed by atoms with Crippen LogP contribution in [0, 0.1) is 11.3 Å². The SMILES string of the molecule is C[NH+]1CCc2c(sc(NC(=O)[C@H]3CCCO3)c2C#N)C1. The van der Waals surface area contributed by atoms with E-state index in [1.54, 1.807) is 11.3 Å². The first kappa shape index (κ1) is 13.6. The molecule has 0 bridgehead atoms. The third-order valence-electron chi connectivity index (χ3n) is 3.93. The highest BCUT2D eigenvalue weighted by Crippen LogP contribution is 2.34. The monoisotopic (exact) mass is 292 g/mol. The number of hydrogen-bond donors (Lipinski definition) is 2. The van der Waals surface area contributed by atoms with E-state index in [4.69, 9.17) is 4.74 Å². The summed E-state index contributed by atoms with van der Waals surface area (Å²) < 4.78 is 5.39. The number of likely N-dealkylation sites (N-methyl/N-ethyl adjacent to an activating group) is 1. The topological polar surface area (TPSA) is 66.6 Å². The Morgan fingerprint density at radius 2 is 2.45 bits per heavy atom. The van der Waals surface area contributed by atoms with Crippen molar-refractivity contribution in [1.82, 2.24) is 0 Å². The molecule has 5 nitrogen and oxygen atoms in total. The second kappa shape index (κ2) is 5.52. The van der Waals surface area contributed by atoms with Gasteiger partial charge in [-0.1, -0.05) is 0 Å². The number of carbonyl (C=O) groups excluding carboxylic acids is 1. The van der Waals surface area contributed by atoms with E-state index in [0.717, 1.165) is 37.9 Å². The molecule has 1 aromatic rings. The van der Waals surface area contributed by atoms with Crippen LogP contribution < -0.4 is 10.2 Å². The number of ether oxygens (including phenoxy) is 1. The Morgan fingerprint density at radius 1 is 1.60 bits per heavy atom. The van der Waals surface area contributed by atoms with Crippen LogP contribution >= 0.6 is 11.3 Å². The van der Waals surface area contributed by atoms with E-state index in [2.05, 4.69) is 18.4 Å². The molecule has 6 heteroatoms. The van der Waals surface area contributed by atoms with E-state index in [-0.39, 0.29) is 12.0 Å². The van der Waals surface area contributed by atoms with Crippen molar-refractivity contribution in [2.75, 3.05) is 25.5 Å². The first-order valence-electron chi connectivity index (χ1n) is 6.97. The molecule has 1 aromatic heterocycles. The molecule has 1 saturated heterocycles. The summed E-state index contributed by atoms with van der Waals surface area (Å²) in [7, 11) is 2.15. The summed E-state index contributed by atoms with van der Waals surface area (Å²) in [6, 6.07) is 2.26. The molecule has 106 valence electrons. The highest BCUT2D eigenvalue weighted by molar-refractivity contribution is 7.16. The van der Waals surface area contributed by atoms with Crippen LogP contribution in [0.5, 0.6) is 0 Å². The molecule has 0 aliphatic carbocycles. The Morgan fingerprint density at radius 3 is 3.15 bits per heavy atom. The fourth-order valence-electron chi connectivity index (χ4n) is 2.80. The molecule has 1 fully saturated rings. The zero-order valence-electron chi connectivity index (χ0n) is 11.5. The highest BCUT2D eigenvalue weighted by Gasteiger charge is 2.28. The van der Waals surface area contributed by atoms with E-state index >= 15 is 0 Å². The number of amides is 1. The fraction of sp³-hybridized carbons (Fsp3) is 0.571. The van der Waals surface area contributed by atoms with Crippen molar-refractivity contribution in [2.24, 2.45) is 0 Å². The second-order valence-electron chi connectivity index (χ2n) is 5.44. The summed E-state index contributed by atoms with van der Waals surface area (Å²) in [6.07, 6.45) is 2.26. The lowest BCUT2D eigenvalue weighted by Gasteiger charge is -2.18.